The van der Waals surface area contributed by atoms with E-state index in [1.807, 2.05) is 0 Å². The van der Waals surface area contributed by atoms with Gasteiger partial charge in [0, 0.05) is 25.5 Å². The average Bonchev–Trinajstić information content (AvgIpc) is 2.57. The zero-order valence-corrected chi connectivity index (χ0v) is 14.4. The summed E-state index contributed by atoms with van der Waals surface area (Å²) in [5.74, 6) is -3.10. The lowest BCUT2D eigenvalue weighted by Gasteiger charge is -2.24. The first kappa shape index (κ1) is 17.7. The Balaban J connectivity index is 2.49. The fraction of sp³-hybridized carbons (Fsp3) is 0.125. The second-order valence-electron chi connectivity index (χ2n) is 5.54. The minimum Gasteiger partial charge on any atom is -0.507 e. The summed E-state index contributed by atoms with van der Waals surface area (Å²) >= 11 is 0. The summed E-state index contributed by atoms with van der Waals surface area (Å²) in [6.45, 7) is 0. The van der Waals surface area contributed by atoms with Gasteiger partial charge in [0.2, 0.25) is 11.6 Å². The maximum absolute atomic E-state index is 13.0. The zero-order valence-electron chi connectivity index (χ0n) is 13.6. The number of ketones is 2. The molecule has 0 bridgehead atoms. The topological polar surface area (TPSA) is 153 Å². The number of hydrogen-bond donors (Lipinski definition) is 5. The lowest BCUT2D eigenvalue weighted by Crippen LogP contribution is -2.24. The first-order valence-corrected chi connectivity index (χ1v) is 8.75. The Hall–Kier alpha value is -3.11. The highest BCUT2D eigenvalue weighted by atomic mass is 32.2. The number of carbonyl (C=O) groups is 2. The van der Waals surface area contributed by atoms with Crippen LogP contribution in [0.4, 0.5) is 11.4 Å². The number of rotatable bonds is 3. The van der Waals surface area contributed by atoms with Crippen molar-refractivity contribution in [1.82, 2.24) is 0 Å². The molecule has 0 fully saturated rings. The summed E-state index contributed by atoms with van der Waals surface area (Å²) < 4.78 is 32.4. The molecule has 9 nitrogen and oxygen atoms in total. The van der Waals surface area contributed by atoms with E-state index in [4.69, 9.17) is 0 Å². The van der Waals surface area contributed by atoms with Crippen molar-refractivity contribution in [3.8, 4) is 11.5 Å². The summed E-state index contributed by atoms with van der Waals surface area (Å²) in [4.78, 5) is 25.0. The van der Waals surface area contributed by atoms with Crippen LogP contribution in [0, 0.1) is 0 Å². The number of fused-ring (bicyclic) bond motifs is 2. The van der Waals surface area contributed by atoms with E-state index in [0.717, 1.165) is 6.07 Å². The standard InChI is InChI=1S/C16H14N2O7S/c1-17-6-3-4-8(19)12-10(6)16(22)13-11(15(12)21)7(18-2)5-9(14(13)20)26(23,24)25/h3-5,17-20H,1-2H3,(H,23,24,25). The van der Waals surface area contributed by atoms with Crippen LogP contribution < -0.4 is 10.6 Å². The SMILES string of the molecule is CNc1ccc(O)c2c1C(=O)c1c(O)c(S(=O)(=O)O)cc(NC)c1C2=O. The molecule has 10 heteroatoms. The van der Waals surface area contributed by atoms with Gasteiger partial charge in [0.1, 0.15) is 16.4 Å². The van der Waals surface area contributed by atoms with Crippen molar-refractivity contribution in [2.45, 2.75) is 4.90 Å². The molecule has 0 aliphatic heterocycles. The van der Waals surface area contributed by atoms with Crippen LogP contribution in [-0.4, -0.2) is 48.8 Å². The van der Waals surface area contributed by atoms with Crippen LogP contribution in [0.3, 0.4) is 0 Å². The third kappa shape index (κ3) is 2.30. The summed E-state index contributed by atoms with van der Waals surface area (Å²) in [6.07, 6.45) is 0. The van der Waals surface area contributed by atoms with Gasteiger partial charge < -0.3 is 20.8 Å². The highest BCUT2D eigenvalue weighted by molar-refractivity contribution is 7.86. The van der Waals surface area contributed by atoms with Crippen molar-refractivity contribution in [3.63, 3.8) is 0 Å². The third-order valence-electron chi connectivity index (χ3n) is 4.17. The highest BCUT2D eigenvalue weighted by Crippen LogP contribution is 2.44. The van der Waals surface area contributed by atoms with E-state index < -0.39 is 43.6 Å². The van der Waals surface area contributed by atoms with Crippen LogP contribution in [0.15, 0.2) is 23.1 Å². The van der Waals surface area contributed by atoms with Gasteiger partial charge in [0.25, 0.3) is 10.1 Å². The first-order valence-electron chi connectivity index (χ1n) is 7.31. The van der Waals surface area contributed by atoms with Gasteiger partial charge in [-0.2, -0.15) is 8.42 Å². The molecule has 2 aromatic rings. The van der Waals surface area contributed by atoms with Gasteiger partial charge in [-0.1, -0.05) is 0 Å². The lowest BCUT2D eigenvalue weighted by molar-refractivity contribution is 0.0975. The predicted octanol–water partition coefficient (Wildman–Crippen LogP) is 1.20. The van der Waals surface area contributed by atoms with Gasteiger partial charge in [-0.3, -0.25) is 14.1 Å². The second-order valence-corrected chi connectivity index (χ2v) is 6.93. The molecule has 26 heavy (non-hydrogen) atoms. The number of anilines is 2. The van der Waals surface area contributed by atoms with Crippen LogP contribution in [0.1, 0.15) is 31.8 Å². The number of phenolic OH excluding ortho intramolecular Hbond substituents is 2. The number of phenols is 2. The van der Waals surface area contributed by atoms with Gasteiger partial charge in [-0.15, -0.1) is 0 Å². The molecule has 1 aliphatic carbocycles. The van der Waals surface area contributed by atoms with Crippen molar-refractivity contribution in [3.05, 3.63) is 40.5 Å². The molecule has 0 amide bonds. The number of nitrogens with one attached hydrogen (secondary N) is 2. The smallest absolute Gasteiger partial charge is 0.298 e. The molecule has 5 N–H and O–H groups in total. The number of aromatic hydroxyl groups is 2. The summed E-state index contributed by atoms with van der Waals surface area (Å²) in [6, 6.07) is 3.46. The van der Waals surface area contributed by atoms with Crippen LogP contribution in [-0.2, 0) is 10.1 Å². The highest BCUT2D eigenvalue weighted by Gasteiger charge is 2.40. The monoisotopic (exact) mass is 378 g/mol. The molecular formula is C16H14N2O7S. The molecule has 0 heterocycles. The molecule has 0 aromatic heterocycles. The second kappa shape index (κ2) is 5.71. The van der Waals surface area contributed by atoms with Gasteiger partial charge >= 0.3 is 0 Å². The maximum atomic E-state index is 13.0. The van der Waals surface area contributed by atoms with E-state index >= 15 is 0 Å². The molecule has 1 aliphatic rings. The van der Waals surface area contributed by atoms with Crippen molar-refractivity contribution in [1.29, 1.82) is 0 Å². The Morgan fingerprint density at radius 3 is 1.92 bits per heavy atom. The molecule has 0 saturated heterocycles. The quantitative estimate of drug-likeness (QED) is 0.334. The summed E-state index contributed by atoms with van der Waals surface area (Å²) in [5, 5.41) is 25.7. The van der Waals surface area contributed by atoms with E-state index in [2.05, 4.69) is 10.6 Å². The molecule has 0 atom stereocenters. The number of benzene rings is 2. The normalized spacial score (nSPS) is 13.2. The van der Waals surface area contributed by atoms with Gasteiger partial charge in [-0.05, 0) is 18.2 Å². The average molecular weight is 378 g/mol. The molecule has 136 valence electrons. The van der Waals surface area contributed by atoms with E-state index in [9.17, 15) is 32.8 Å². The number of hydrogen-bond acceptors (Lipinski definition) is 8. The van der Waals surface area contributed by atoms with E-state index in [1.54, 1.807) is 0 Å². The van der Waals surface area contributed by atoms with Crippen molar-refractivity contribution >= 4 is 33.1 Å². The zero-order chi connectivity index (χ0) is 19.4. The molecule has 2 aromatic carbocycles. The predicted molar refractivity (Wildman–Crippen MR) is 92.0 cm³/mol. The van der Waals surface area contributed by atoms with Crippen LogP contribution in [0.2, 0.25) is 0 Å². The Bertz CT molecular complexity index is 1090. The van der Waals surface area contributed by atoms with Gasteiger partial charge in [0.15, 0.2) is 0 Å². The third-order valence-corrected chi connectivity index (χ3v) is 5.04. The Morgan fingerprint density at radius 2 is 1.38 bits per heavy atom. The van der Waals surface area contributed by atoms with Gasteiger partial charge in [0.05, 0.1) is 22.3 Å². The minimum atomic E-state index is -4.86. The minimum absolute atomic E-state index is 0.0938. The van der Waals surface area contributed by atoms with Crippen molar-refractivity contribution in [2.75, 3.05) is 24.7 Å². The van der Waals surface area contributed by atoms with Crippen LogP contribution in [0.5, 0.6) is 11.5 Å². The largest absolute Gasteiger partial charge is 0.507 e. The molecule has 0 radical (unpaired) electrons. The van der Waals surface area contributed by atoms with Crippen molar-refractivity contribution in [2.24, 2.45) is 0 Å². The van der Waals surface area contributed by atoms with Crippen LogP contribution >= 0.6 is 0 Å². The van der Waals surface area contributed by atoms with Gasteiger partial charge in [-0.25, -0.2) is 0 Å². The summed E-state index contributed by atoms with van der Waals surface area (Å²) in [7, 11) is -1.99. The molecular weight excluding hydrogens is 364 g/mol. The summed E-state index contributed by atoms with van der Waals surface area (Å²) in [5.41, 5.74) is -1.20. The van der Waals surface area contributed by atoms with E-state index in [-0.39, 0.29) is 28.1 Å². The van der Waals surface area contributed by atoms with E-state index in [0.29, 0.717) is 0 Å². The van der Waals surface area contributed by atoms with Crippen molar-refractivity contribution < 1.29 is 32.8 Å². The Kier molecular flexibility index (Phi) is 3.89. The Labute approximate surface area is 148 Å². The van der Waals surface area contributed by atoms with Crippen LogP contribution in [0.25, 0.3) is 0 Å². The molecule has 3 rings (SSSR count). The van der Waals surface area contributed by atoms with E-state index in [1.165, 1.54) is 26.2 Å². The lowest BCUT2D eigenvalue weighted by atomic mass is 9.81. The Morgan fingerprint density at radius 1 is 0.846 bits per heavy atom. The molecule has 0 unspecified atom stereocenters. The fourth-order valence-electron chi connectivity index (χ4n) is 3.01. The number of carbonyl (C=O) groups excluding carboxylic acids is 2. The maximum Gasteiger partial charge on any atom is 0.298 e. The molecule has 0 spiro atoms. The molecule has 0 saturated carbocycles. The first-order chi connectivity index (χ1) is 12.1. The fourth-order valence-corrected chi connectivity index (χ4v) is 3.63.